The molecule has 0 fully saturated rings. The molecular weight excluding hydrogens is 175 g/mol. The van der Waals surface area contributed by atoms with Crippen molar-refractivity contribution in [2.75, 3.05) is 18.5 Å². The van der Waals surface area contributed by atoms with Crippen molar-refractivity contribution in [1.29, 1.82) is 0 Å². The fraction of sp³-hybridized carbons (Fsp3) is 0.375. The number of pyridine rings is 1. The van der Waals surface area contributed by atoms with Crippen LogP contribution >= 0.6 is 0 Å². The molecule has 5 heteroatoms. The molecule has 13 heavy (non-hydrogen) atoms. The first-order chi connectivity index (χ1) is 6.22. The van der Waals surface area contributed by atoms with Gasteiger partial charge in [-0.1, -0.05) is 0 Å². The highest BCUT2D eigenvalue weighted by Gasteiger charge is 2.01. The summed E-state index contributed by atoms with van der Waals surface area (Å²) in [7, 11) is 0. The number of aromatic nitrogens is 1. The van der Waals surface area contributed by atoms with Gasteiger partial charge in [-0.2, -0.15) is 0 Å². The van der Waals surface area contributed by atoms with Crippen molar-refractivity contribution in [1.82, 2.24) is 4.98 Å². The average Bonchev–Trinajstić information content (AvgIpc) is 2.16. The fourth-order valence-electron chi connectivity index (χ4n) is 0.767. The molecule has 0 aliphatic rings. The Bertz CT molecular complexity index is 253. The lowest BCUT2D eigenvalue weighted by molar-refractivity contribution is 0.105. The SMILES string of the molecule is OCC(O)CNc1ccc(F)cn1. The summed E-state index contributed by atoms with van der Waals surface area (Å²) in [5.74, 6) is 0.0576. The molecule has 1 rings (SSSR count). The normalized spacial score (nSPS) is 12.5. The Balaban J connectivity index is 2.41. The summed E-state index contributed by atoms with van der Waals surface area (Å²) in [6.07, 6.45) is 0.250. The van der Waals surface area contributed by atoms with E-state index in [1.165, 1.54) is 12.1 Å². The smallest absolute Gasteiger partial charge is 0.141 e. The monoisotopic (exact) mass is 186 g/mol. The number of nitrogens with one attached hydrogen (secondary N) is 1. The van der Waals surface area contributed by atoms with Crippen molar-refractivity contribution in [2.24, 2.45) is 0 Å². The quantitative estimate of drug-likeness (QED) is 0.618. The maximum absolute atomic E-state index is 12.4. The lowest BCUT2D eigenvalue weighted by atomic mass is 10.3. The van der Waals surface area contributed by atoms with Crippen LogP contribution in [0.3, 0.4) is 0 Å². The molecule has 1 heterocycles. The van der Waals surface area contributed by atoms with Gasteiger partial charge in [0.05, 0.1) is 18.9 Å². The van der Waals surface area contributed by atoms with Crippen LogP contribution in [0.5, 0.6) is 0 Å². The number of aliphatic hydroxyl groups is 2. The maximum atomic E-state index is 12.4. The van der Waals surface area contributed by atoms with E-state index in [9.17, 15) is 4.39 Å². The zero-order valence-corrected chi connectivity index (χ0v) is 6.94. The molecule has 72 valence electrons. The second kappa shape index (κ2) is 4.74. The minimum absolute atomic E-state index is 0.190. The molecule has 0 amide bonds. The molecule has 1 aromatic rings. The second-order valence-electron chi connectivity index (χ2n) is 2.58. The third-order valence-electron chi connectivity index (χ3n) is 1.46. The predicted octanol–water partition coefficient (Wildman–Crippen LogP) is -0.0142. The first-order valence-electron chi connectivity index (χ1n) is 3.86. The van der Waals surface area contributed by atoms with Crippen LogP contribution in [-0.4, -0.2) is 34.5 Å². The number of hydrogen-bond donors (Lipinski definition) is 3. The van der Waals surface area contributed by atoms with Crippen molar-refractivity contribution in [3.63, 3.8) is 0 Å². The molecule has 0 saturated carbocycles. The molecule has 0 saturated heterocycles. The largest absolute Gasteiger partial charge is 0.394 e. The lowest BCUT2D eigenvalue weighted by Crippen LogP contribution is -2.23. The van der Waals surface area contributed by atoms with Crippen molar-refractivity contribution in [2.45, 2.75) is 6.10 Å². The summed E-state index contributed by atoms with van der Waals surface area (Å²) in [6, 6.07) is 2.72. The minimum atomic E-state index is -0.827. The van der Waals surface area contributed by atoms with Crippen LogP contribution < -0.4 is 5.32 Å². The van der Waals surface area contributed by atoms with Crippen LogP contribution in [0.25, 0.3) is 0 Å². The molecular formula is C8H11FN2O2. The molecule has 0 bridgehead atoms. The Morgan fingerprint density at radius 3 is 2.85 bits per heavy atom. The zero-order valence-electron chi connectivity index (χ0n) is 6.94. The first-order valence-corrected chi connectivity index (χ1v) is 3.86. The molecule has 1 atom stereocenters. The Morgan fingerprint density at radius 1 is 1.54 bits per heavy atom. The summed E-state index contributed by atoms with van der Waals surface area (Å²) in [5.41, 5.74) is 0. The average molecular weight is 186 g/mol. The molecule has 0 spiro atoms. The number of hydrogen-bond acceptors (Lipinski definition) is 4. The number of halogens is 1. The highest BCUT2D eigenvalue weighted by molar-refractivity contribution is 5.33. The van der Waals surface area contributed by atoms with E-state index >= 15 is 0 Å². The summed E-state index contributed by atoms with van der Waals surface area (Å²) in [5, 5.41) is 20.2. The Kier molecular flexibility index (Phi) is 3.60. The van der Waals surface area contributed by atoms with E-state index in [0.717, 1.165) is 6.20 Å². The molecule has 3 N–H and O–H groups in total. The van der Waals surface area contributed by atoms with Crippen molar-refractivity contribution in [3.05, 3.63) is 24.1 Å². The van der Waals surface area contributed by atoms with Gasteiger partial charge in [-0.25, -0.2) is 9.37 Å². The van der Waals surface area contributed by atoms with E-state index in [-0.39, 0.29) is 13.2 Å². The fourth-order valence-corrected chi connectivity index (χ4v) is 0.767. The van der Waals surface area contributed by atoms with E-state index in [1.54, 1.807) is 0 Å². The van der Waals surface area contributed by atoms with Gasteiger partial charge >= 0.3 is 0 Å². The van der Waals surface area contributed by atoms with Gasteiger partial charge in [0, 0.05) is 6.54 Å². The Hall–Kier alpha value is -1.20. The standard InChI is InChI=1S/C8H11FN2O2/c9-6-1-2-8(10-3-6)11-4-7(13)5-12/h1-3,7,12-13H,4-5H2,(H,10,11). The summed E-state index contributed by atoms with van der Waals surface area (Å²) < 4.78 is 12.4. The summed E-state index contributed by atoms with van der Waals surface area (Å²) >= 11 is 0. The van der Waals surface area contributed by atoms with Crippen molar-refractivity contribution < 1.29 is 14.6 Å². The molecule has 0 aliphatic carbocycles. The molecule has 4 nitrogen and oxygen atoms in total. The van der Waals surface area contributed by atoms with Gasteiger partial charge in [-0.3, -0.25) is 0 Å². The van der Waals surface area contributed by atoms with E-state index < -0.39 is 11.9 Å². The molecule has 0 aromatic carbocycles. The number of anilines is 1. The highest BCUT2D eigenvalue weighted by atomic mass is 19.1. The van der Waals surface area contributed by atoms with E-state index in [2.05, 4.69) is 10.3 Å². The zero-order chi connectivity index (χ0) is 9.68. The molecule has 0 aliphatic heterocycles. The maximum Gasteiger partial charge on any atom is 0.141 e. The van der Waals surface area contributed by atoms with Gasteiger partial charge in [0.25, 0.3) is 0 Å². The Morgan fingerprint density at radius 2 is 2.31 bits per heavy atom. The van der Waals surface area contributed by atoms with Crippen molar-refractivity contribution in [3.8, 4) is 0 Å². The van der Waals surface area contributed by atoms with Gasteiger partial charge in [-0.05, 0) is 12.1 Å². The summed E-state index contributed by atoms with van der Waals surface area (Å²) in [4.78, 5) is 3.71. The lowest BCUT2D eigenvalue weighted by Gasteiger charge is -2.08. The van der Waals surface area contributed by atoms with Crippen LogP contribution in [-0.2, 0) is 0 Å². The van der Waals surface area contributed by atoms with Crippen LogP contribution in [0, 0.1) is 5.82 Å². The summed E-state index contributed by atoms with van der Waals surface area (Å²) in [6.45, 7) is -0.122. The third-order valence-corrected chi connectivity index (χ3v) is 1.46. The van der Waals surface area contributed by atoms with Crippen LogP contribution in [0.4, 0.5) is 10.2 Å². The highest BCUT2D eigenvalue weighted by Crippen LogP contribution is 2.02. The minimum Gasteiger partial charge on any atom is -0.394 e. The van der Waals surface area contributed by atoms with Gasteiger partial charge in [0.1, 0.15) is 11.6 Å². The van der Waals surface area contributed by atoms with Crippen LogP contribution in [0.1, 0.15) is 0 Å². The first kappa shape index (κ1) is 9.88. The van der Waals surface area contributed by atoms with Gasteiger partial charge in [0.15, 0.2) is 0 Å². The van der Waals surface area contributed by atoms with E-state index in [0.29, 0.717) is 5.82 Å². The number of nitrogens with zero attached hydrogens (tertiary/aromatic N) is 1. The van der Waals surface area contributed by atoms with Gasteiger partial charge in [0.2, 0.25) is 0 Å². The van der Waals surface area contributed by atoms with Crippen molar-refractivity contribution >= 4 is 5.82 Å². The molecule has 0 radical (unpaired) electrons. The number of aliphatic hydroxyl groups excluding tert-OH is 2. The predicted molar refractivity (Wildman–Crippen MR) is 45.8 cm³/mol. The Labute approximate surface area is 75.0 Å². The van der Waals surface area contributed by atoms with E-state index in [4.69, 9.17) is 10.2 Å². The number of rotatable bonds is 4. The van der Waals surface area contributed by atoms with E-state index in [1.807, 2.05) is 0 Å². The van der Waals surface area contributed by atoms with Crippen LogP contribution in [0.15, 0.2) is 18.3 Å². The molecule has 1 unspecified atom stereocenters. The topological polar surface area (TPSA) is 65.4 Å². The third kappa shape index (κ3) is 3.35. The van der Waals surface area contributed by atoms with Gasteiger partial charge in [-0.15, -0.1) is 0 Å². The van der Waals surface area contributed by atoms with Crippen LogP contribution in [0.2, 0.25) is 0 Å². The van der Waals surface area contributed by atoms with Gasteiger partial charge < -0.3 is 15.5 Å². The second-order valence-corrected chi connectivity index (χ2v) is 2.58. The molecule has 1 aromatic heterocycles.